The van der Waals surface area contributed by atoms with Crippen LogP contribution in [-0.4, -0.2) is 33.0 Å². The number of ether oxygens (including phenoxy) is 1. The number of carbonyl (C=O) groups excluding carboxylic acids is 1. The number of nitrogens with zero attached hydrogens (tertiary/aromatic N) is 3. The van der Waals surface area contributed by atoms with E-state index in [1.54, 1.807) is 0 Å². The van der Waals surface area contributed by atoms with Gasteiger partial charge < -0.3 is 14.7 Å². The van der Waals surface area contributed by atoms with Crippen LogP contribution in [0.5, 0.6) is 0 Å². The van der Waals surface area contributed by atoms with Crippen LogP contribution in [0.4, 0.5) is 0 Å². The lowest BCUT2D eigenvalue weighted by Crippen LogP contribution is -2.28. The number of rotatable bonds is 1. The predicted octanol–water partition coefficient (Wildman–Crippen LogP) is 6.92. The average Bonchev–Trinajstić information content (AvgIpc) is 3.74. The summed E-state index contributed by atoms with van der Waals surface area (Å²) in [5.41, 5.74) is 14.8. The zero-order chi connectivity index (χ0) is 29.0. The topological polar surface area (TPSA) is 107 Å². The second kappa shape index (κ2) is 8.66. The molecule has 0 spiro atoms. The number of methoxy groups -OCH3 is 1. The number of carbonyl (C=O) groups is 1. The molecule has 5 heterocycles. The Labute approximate surface area is 239 Å². The molecule has 4 atom stereocenters. The van der Waals surface area contributed by atoms with Crippen molar-refractivity contribution in [1.82, 2.24) is 19.9 Å². The summed E-state index contributed by atoms with van der Waals surface area (Å²) in [5.74, 6) is -1.27. The third-order valence-corrected chi connectivity index (χ3v) is 10.2. The fraction of sp³-hybridized carbons (Fsp3) is 0.412. The summed E-state index contributed by atoms with van der Waals surface area (Å²) in [6.45, 7) is 13.0. The maximum Gasteiger partial charge on any atom is 0.310 e. The molecule has 0 radical (unpaired) electrons. The van der Waals surface area contributed by atoms with E-state index in [9.17, 15) is 10.1 Å². The quantitative estimate of drug-likeness (QED) is 0.323. The highest BCUT2D eigenvalue weighted by Gasteiger charge is 2.56. The van der Waals surface area contributed by atoms with Crippen LogP contribution in [0.2, 0.25) is 0 Å². The van der Waals surface area contributed by atoms with Gasteiger partial charge in [-0.2, -0.15) is 5.26 Å². The summed E-state index contributed by atoms with van der Waals surface area (Å²) in [4.78, 5) is 30.5. The lowest BCUT2D eigenvalue weighted by atomic mass is 9.77. The van der Waals surface area contributed by atoms with Crippen molar-refractivity contribution in [3.8, 4) is 6.07 Å². The molecule has 0 unspecified atom stereocenters. The number of H-pyrrole nitrogens is 2. The van der Waals surface area contributed by atoms with Gasteiger partial charge in [0.05, 0.1) is 36.4 Å². The number of hydrogen-bond donors (Lipinski definition) is 2. The summed E-state index contributed by atoms with van der Waals surface area (Å²) in [6.07, 6.45) is 1.61. The zero-order valence-electron chi connectivity index (χ0n) is 24.7. The van der Waals surface area contributed by atoms with E-state index in [2.05, 4.69) is 81.8 Å². The van der Waals surface area contributed by atoms with E-state index in [0.29, 0.717) is 0 Å². The van der Waals surface area contributed by atoms with Gasteiger partial charge >= 0.3 is 5.97 Å². The van der Waals surface area contributed by atoms with Crippen LogP contribution in [0, 0.1) is 37.0 Å². The first-order chi connectivity index (χ1) is 19.5. The molecule has 0 aromatic carbocycles. The van der Waals surface area contributed by atoms with Crippen molar-refractivity contribution in [3.63, 3.8) is 0 Å². The highest BCUT2D eigenvalue weighted by Crippen LogP contribution is 2.62. The molecule has 2 aliphatic heterocycles. The summed E-state index contributed by atoms with van der Waals surface area (Å²) in [5, 5.41) is 10.2. The molecule has 0 amide bonds. The Morgan fingerprint density at radius 3 is 2.15 bits per heavy atom. The number of fused-ring (bicyclic) bond motifs is 15. The number of aryl methyl sites for hydroxylation is 2. The maximum atomic E-state index is 12.9. The lowest BCUT2D eigenvalue weighted by molar-refractivity contribution is -0.146. The third kappa shape index (κ3) is 3.59. The number of allylic oxidation sites excluding steroid dienone is 2. The van der Waals surface area contributed by atoms with Crippen LogP contribution in [0.15, 0.2) is 24.3 Å². The molecule has 208 valence electrons. The molecule has 41 heavy (non-hydrogen) atoms. The molecule has 4 aliphatic rings. The molecule has 1 saturated carbocycles. The third-order valence-electron chi connectivity index (χ3n) is 10.2. The Kier molecular flexibility index (Phi) is 5.44. The first-order valence-electron chi connectivity index (χ1n) is 14.4. The van der Waals surface area contributed by atoms with Crippen LogP contribution in [0.1, 0.15) is 91.0 Å². The molecule has 7 rings (SSSR count). The Hall–Kier alpha value is -4.18. The van der Waals surface area contributed by atoms with Gasteiger partial charge in [-0.1, -0.05) is 13.8 Å². The van der Waals surface area contributed by atoms with Crippen LogP contribution in [-0.2, 0) is 21.4 Å². The van der Waals surface area contributed by atoms with Gasteiger partial charge in [-0.25, -0.2) is 4.98 Å². The minimum absolute atomic E-state index is 0.0297. The Balaban J connectivity index is 1.61. The Morgan fingerprint density at radius 2 is 1.49 bits per heavy atom. The van der Waals surface area contributed by atoms with Gasteiger partial charge in [0.15, 0.2) is 0 Å². The van der Waals surface area contributed by atoms with Gasteiger partial charge in [-0.3, -0.25) is 9.78 Å². The molecule has 7 heteroatoms. The van der Waals surface area contributed by atoms with Crippen molar-refractivity contribution < 1.29 is 9.53 Å². The van der Waals surface area contributed by atoms with Crippen molar-refractivity contribution in [2.24, 2.45) is 11.8 Å². The molecule has 2 N–H and O–H groups in total. The normalized spacial score (nSPS) is 24.0. The minimum atomic E-state index is -0.463. The molecular weight excluding hydrogens is 510 g/mol. The summed E-state index contributed by atoms with van der Waals surface area (Å²) < 4.78 is 5.20. The summed E-state index contributed by atoms with van der Waals surface area (Å²) >= 11 is 0. The Morgan fingerprint density at radius 1 is 0.902 bits per heavy atom. The number of aromatic nitrogens is 4. The molecule has 2 aliphatic carbocycles. The predicted molar refractivity (Wildman–Crippen MR) is 160 cm³/mol. The van der Waals surface area contributed by atoms with Gasteiger partial charge in [0, 0.05) is 57.1 Å². The van der Waals surface area contributed by atoms with Crippen molar-refractivity contribution in [1.29, 1.82) is 5.26 Å². The van der Waals surface area contributed by atoms with E-state index in [1.807, 2.05) is 0 Å². The number of nitriles is 1. The van der Waals surface area contributed by atoms with Crippen molar-refractivity contribution in [2.75, 3.05) is 7.11 Å². The van der Waals surface area contributed by atoms with Crippen LogP contribution >= 0.6 is 0 Å². The van der Waals surface area contributed by atoms with Crippen LogP contribution < -0.4 is 0 Å². The van der Waals surface area contributed by atoms with Crippen molar-refractivity contribution in [3.05, 3.63) is 69.3 Å². The van der Waals surface area contributed by atoms with E-state index in [0.717, 1.165) is 80.0 Å². The first kappa shape index (κ1) is 25.8. The van der Waals surface area contributed by atoms with E-state index < -0.39 is 11.8 Å². The smallest absolute Gasteiger partial charge is 0.310 e. The Bertz CT molecular complexity index is 1910. The first-order valence-corrected chi connectivity index (χ1v) is 14.4. The van der Waals surface area contributed by atoms with E-state index in [4.69, 9.17) is 14.7 Å². The fourth-order valence-corrected chi connectivity index (χ4v) is 7.64. The fourth-order valence-electron chi connectivity index (χ4n) is 7.64. The van der Waals surface area contributed by atoms with Crippen molar-refractivity contribution in [2.45, 2.75) is 71.6 Å². The SMILES string of the molecule is COC(=O)[C@@H]1[C@@H](C#N)[C@H]2C[C@@H]1c1c2c2cc3nc(cc4[nH]c(cc5nc(cc1[nH]2)C(C)=C5C)c(C)c4C)CC3(C)C. The second-order valence-corrected chi connectivity index (χ2v) is 12.9. The maximum absolute atomic E-state index is 12.9. The average molecular weight is 546 g/mol. The van der Waals surface area contributed by atoms with Gasteiger partial charge in [-0.15, -0.1) is 0 Å². The molecule has 7 nitrogen and oxygen atoms in total. The zero-order valence-corrected chi connectivity index (χ0v) is 24.7. The van der Waals surface area contributed by atoms with Crippen LogP contribution in [0.25, 0.3) is 33.2 Å². The number of nitrogens with one attached hydrogen (secondary N) is 2. The number of hydrogen-bond acceptors (Lipinski definition) is 5. The molecule has 1 fully saturated rings. The van der Waals surface area contributed by atoms with Gasteiger partial charge in [-0.05, 0) is 91.8 Å². The van der Waals surface area contributed by atoms with Gasteiger partial charge in [0.1, 0.15) is 0 Å². The highest BCUT2D eigenvalue weighted by atomic mass is 16.5. The van der Waals surface area contributed by atoms with E-state index in [1.165, 1.54) is 18.2 Å². The summed E-state index contributed by atoms with van der Waals surface area (Å²) in [6, 6.07) is 11.1. The van der Waals surface area contributed by atoms with Gasteiger partial charge in [0.2, 0.25) is 0 Å². The standard InChI is InChI=1S/C34H35N5O2/c1-15-16(2)24-10-25-17(3)18(4)26(38-25)11-27-32-21-9-20(22(14-35)30(21)33(40)41-7)31(32)28(39-27)12-29-34(5,6)13-19(36-29)8-23(15)37-24/h8,10-12,20-22,30,37,39H,9,13H2,1-7H3/t20-,21+,22+,30+/m1/s1. The van der Waals surface area contributed by atoms with Gasteiger partial charge in [0.25, 0.3) is 0 Å². The lowest BCUT2D eigenvalue weighted by Gasteiger charge is -2.25. The second-order valence-electron chi connectivity index (χ2n) is 12.9. The van der Waals surface area contributed by atoms with Crippen LogP contribution in [0.3, 0.4) is 0 Å². The van der Waals surface area contributed by atoms with E-state index >= 15 is 0 Å². The molecular formula is C34H35N5O2. The molecule has 3 aromatic heterocycles. The minimum Gasteiger partial charge on any atom is -0.469 e. The largest absolute Gasteiger partial charge is 0.469 e. The molecule has 0 saturated heterocycles. The number of esters is 1. The molecule has 10 bridgehead atoms. The van der Waals surface area contributed by atoms with Crippen molar-refractivity contribution >= 4 is 39.2 Å². The monoisotopic (exact) mass is 545 g/mol. The van der Waals surface area contributed by atoms with E-state index in [-0.39, 0.29) is 23.2 Å². The summed E-state index contributed by atoms with van der Waals surface area (Å²) in [7, 11) is 1.42. The highest BCUT2D eigenvalue weighted by molar-refractivity contribution is 5.92. The number of aromatic amines is 2. The molecule has 3 aromatic rings.